The molecule has 138 valence electrons. The molecule has 0 spiro atoms. The normalized spacial score (nSPS) is 29.2. The van der Waals surface area contributed by atoms with Gasteiger partial charge in [0.2, 0.25) is 0 Å². The van der Waals surface area contributed by atoms with Crippen LogP contribution in [-0.2, 0) is 15.9 Å². The summed E-state index contributed by atoms with van der Waals surface area (Å²) in [7, 11) is 0. The number of carbonyl (C=O) groups is 1. The van der Waals surface area contributed by atoms with Crippen LogP contribution in [0, 0.1) is 17.8 Å². The second kappa shape index (κ2) is 6.71. The number of ether oxygens (including phenoxy) is 3. The van der Waals surface area contributed by atoms with Gasteiger partial charge < -0.3 is 19.1 Å². The molecule has 2 aliphatic heterocycles. The molecule has 5 heteroatoms. The number of allylic oxidation sites excluding steroid dienone is 2. The number of hydrogen-bond donors (Lipinski definition) is 0. The van der Waals surface area contributed by atoms with Crippen molar-refractivity contribution in [1.82, 2.24) is 4.90 Å². The zero-order valence-electron chi connectivity index (χ0n) is 14.9. The fraction of sp³-hybridized carbons (Fsp3) is 0.571. The average Bonchev–Trinajstić information content (AvgIpc) is 3.43. The zero-order chi connectivity index (χ0) is 17.5. The molecule has 0 aromatic heterocycles. The van der Waals surface area contributed by atoms with Gasteiger partial charge in [-0.15, -0.1) is 0 Å². The van der Waals surface area contributed by atoms with Gasteiger partial charge in [-0.05, 0) is 54.4 Å². The smallest absolute Gasteiger partial charge is 0.254 e. The first kappa shape index (κ1) is 16.3. The van der Waals surface area contributed by atoms with Crippen molar-refractivity contribution >= 4 is 5.91 Å². The Morgan fingerprint density at radius 1 is 1.08 bits per heavy atom. The van der Waals surface area contributed by atoms with Gasteiger partial charge in [-0.3, -0.25) is 4.79 Å². The van der Waals surface area contributed by atoms with E-state index in [0.717, 1.165) is 29.8 Å². The van der Waals surface area contributed by atoms with Gasteiger partial charge in [0.25, 0.3) is 5.91 Å². The van der Waals surface area contributed by atoms with Crippen molar-refractivity contribution in [1.29, 1.82) is 0 Å². The maximum Gasteiger partial charge on any atom is 0.254 e. The van der Waals surface area contributed by atoms with E-state index in [-0.39, 0.29) is 12.2 Å². The van der Waals surface area contributed by atoms with Gasteiger partial charge >= 0.3 is 0 Å². The molecule has 0 N–H and O–H groups in total. The van der Waals surface area contributed by atoms with Crippen molar-refractivity contribution in [2.24, 2.45) is 17.8 Å². The maximum atomic E-state index is 13.3. The first-order valence-electron chi connectivity index (χ1n) is 9.73. The molecule has 1 saturated carbocycles. The minimum absolute atomic E-state index is 0.0746. The minimum Gasteiger partial charge on any atom is -0.493 e. The Labute approximate surface area is 153 Å². The van der Waals surface area contributed by atoms with E-state index in [0.29, 0.717) is 44.1 Å². The highest BCUT2D eigenvalue weighted by Crippen LogP contribution is 2.43. The van der Waals surface area contributed by atoms with Crippen LogP contribution in [-0.4, -0.2) is 50.0 Å². The molecule has 5 nitrogen and oxygen atoms in total. The van der Waals surface area contributed by atoms with E-state index in [2.05, 4.69) is 12.2 Å². The predicted molar refractivity (Wildman–Crippen MR) is 96.1 cm³/mol. The van der Waals surface area contributed by atoms with Crippen LogP contribution < -0.4 is 4.74 Å². The summed E-state index contributed by atoms with van der Waals surface area (Å²) in [5, 5.41) is 0. The van der Waals surface area contributed by atoms with Crippen LogP contribution in [0.3, 0.4) is 0 Å². The highest BCUT2D eigenvalue weighted by atomic mass is 16.7. The number of nitrogens with zero attached hydrogens (tertiary/aromatic N) is 1. The van der Waals surface area contributed by atoms with Crippen LogP contribution >= 0.6 is 0 Å². The number of carbonyl (C=O) groups excluding carboxylic acids is 1. The molecule has 26 heavy (non-hydrogen) atoms. The SMILES string of the molecule is O=C(c1ccc2c(c1)CCO2)N(CC1OCCO1)C[C@@H]1C[C@H]2C=C[C@H]1C2. The Balaban J connectivity index is 1.35. The predicted octanol–water partition coefficient (Wildman–Crippen LogP) is 2.65. The third-order valence-electron chi connectivity index (χ3n) is 6.16. The van der Waals surface area contributed by atoms with Gasteiger partial charge in [0.1, 0.15) is 5.75 Å². The highest BCUT2D eigenvalue weighted by Gasteiger charge is 2.38. The largest absolute Gasteiger partial charge is 0.493 e. The van der Waals surface area contributed by atoms with Crippen molar-refractivity contribution in [3.05, 3.63) is 41.5 Å². The molecule has 5 rings (SSSR count). The van der Waals surface area contributed by atoms with Crippen molar-refractivity contribution < 1.29 is 19.0 Å². The summed E-state index contributed by atoms with van der Waals surface area (Å²) in [6, 6.07) is 5.81. The van der Waals surface area contributed by atoms with Crippen molar-refractivity contribution in [2.45, 2.75) is 25.6 Å². The maximum absolute atomic E-state index is 13.3. The molecule has 2 fully saturated rings. The lowest BCUT2D eigenvalue weighted by Gasteiger charge is -2.30. The van der Waals surface area contributed by atoms with E-state index in [1.165, 1.54) is 12.8 Å². The van der Waals surface area contributed by atoms with Crippen molar-refractivity contribution in [3.63, 3.8) is 0 Å². The molecule has 4 aliphatic rings. The number of rotatable bonds is 5. The summed E-state index contributed by atoms with van der Waals surface area (Å²) in [4.78, 5) is 15.2. The summed E-state index contributed by atoms with van der Waals surface area (Å²) in [6.07, 6.45) is 7.70. The van der Waals surface area contributed by atoms with Gasteiger partial charge in [-0.1, -0.05) is 12.2 Å². The lowest BCUT2D eigenvalue weighted by atomic mass is 9.93. The Morgan fingerprint density at radius 3 is 2.73 bits per heavy atom. The Hall–Kier alpha value is -1.85. The van der Waals surface area contributed by atoms with Crippen LogP contribution in [0.15, 0.2) is 30.4 Å². The molecule has 0 unspecified atom stereocenters. The van der Waals surface area contributed by atoms with Crippen LogP contribution in [0.25, 0.3) is 0 Å². The topological polar surface area (TPSA) is 48.0 Å². The molecule has 2 aliphatic carbocycles. The van der Waals surface area contributed by atoms with E-state index >= 15 is 0 Å². The third kappa shape index (κ3) is 3.03. The monoisotopic (exact) mass is 355 g/mol. The molecule has 2 heterocycles. The first-order chi connectivity index (χ1) is 12.8. The molecule has 1 amide bonds. The van der Waals surface area contributed by atoms with Gasteiger partial charge in [0.15, 0.2) is 6.29 Å². The second-order valence-electron chi connectivity index (χ2n) is 7.84. The van der Waals surface area contributed by atoms with Gasteiger partial charge in [0, 0.05) is 18.5 Å². The van der Waals surface area contributed by atoms with Crippen LogP contribution in [0.4, 0.5) is 0 Å². The molecule has 3 atom stereocenters. The second-order valence-corrected chi connectivity index (χ2v) is 7.84. The number of hydrogen-bond acceptors (Lipinski definition) is 4. The third-order valence-corrected chi connectivity index (χ3v) is 6.16. The highest BCUT2D eigenvalue weighted by molar-refractivity contribution is 5.94. The van der Waals surface area contributed by atoms with Crippen molar-refractivity contribution in [2.75, 3.05) is 32.9 Å². The quantitative estimate of drug-likeness (QED) is 0.762. The van der Waals surface area contributed by atoms with Gasteiger partial charge in [-0.2, -0.15) is 0 Å². The number of benzene rings is 1. The summed E-state index contributed by atoms with van der Waals surface area (Å²) >= 11 is 0. The van der Waals surface area contributed by atoms with Crippen LogP contribution in [0.5, 0.6) is 5.75 Å². The van der Waals surface area contributed by atoms with Crippen LogP contribution in [0.2, 0.25) is 0 Å². The summed E-state index contributed by atoms with van der Waals surface area (Å²) < 4.78 is 16.8. The summed E-state index contributed by atoms with van der Waals surface area (Å²) in [5.74, 6) is 2.86. The number of fused-ring (bicyclic) bond motifs is 3. The van der Waals surface area contributed by atoms with E-state index in [9.17, 15) is 4.79 Å². The average molecular weight is 355 g/mol. The van der Waals surface area contributed by atoms with Gasteiger partial charge in [-0.25, -0.2) is 0 Å². The zero-order valence-corrected chi connectivity index (χ0v) is 14.9. The Kier molecular flexibility index (Phi) is 4.21. The van der Waals surface area contributed by atoms with E-state index < -0.39 is 0 Å². The lowest BCUT2D eigenvalue weighted by molar-refractivity contribution is -0.0592. The fourth-order valence-electron chi connectivity index (χ4n) is 4.82. The molecular weight excluding hydrogens is 330 g/mol. The van der Waals surface area contributed by atoms with Crippen LogP contribution in [0.1, 0.15) is 28.8 Å². The fourth-order valence-corrected chi connectivity index (χ4v) is 4.82. The minimum atomic E-state index is -0.300. The lowest BCUT2D eigenvalue weighted by Crippen LogP contribution is -2.41. The Morgan fingerprint density at radius 2 is 1.96 bits per heavy atom. The standard InChI is InChI=1S/C21H25NO4/c23-21(17-3-4-19-16(11-17)5-6-24-19)22(13-20-25-7-8-26-20)12-18-10-14-1-2-15(18)9-14/h1-4,11,14-15,18,20H,5-10,12-13H2/t14-,15-,18-/m0/s1. The summed E-state index contributed by atoms with van der Waals surface area (Å²) in [5.41, 5.74) is 1.87. The molecular formula is C21H25NO4. The van der Waals surface area contributed by atoms with E-state index in [4.69, 9.17) is 14.2 Å². The van der Waals surface area contributed by atoms with Gasteiger partial charge in [0.05, 0.1) is 26.4 Å². The van der Waals surface area contributed by atoms with E-state index in [1.807, 2.05) is 23.1 Å². The first-order valence-corrected chi connectivity index (χ1v) is 9.73. The molecule has 1 aromatic carbocycles. The molecule has 1 aromatic rings. The molecule has 0 radical (unpaired) electrons. The Bertz CT molecular complexity index is 725. The molecule has 1 saturated heterocycles. The number of amides is 1. The molecule has 2 bridgehead atoms. The van der Waals surface area contributed by atoms with E-state index in [1.54, 1.807) is 0 Å². The van der Waals surface area contributed by atoms with Crippen molar-refractivity contribution in [3.8, 4) is 5.75 Å². The summed E-state index contributed by atoms with van der Waals surface area (Å²) in [6.45, 7) is 3.21.